The van der Waals surface area contributed by atoms with E-state index in [1.165, 1.54) is 82.6 Å². The van der Waals surface area contributed by atoms with Crippen molar-refractivity contribution in [2.24, 2.45) is 0 Å². The Morgan fingerprint density at radius 3 is 1.06 bits per heavy atom. The molecule has 0 heterocycles. The molecule has 184 valence electrons. The van der Waals surface area contributed by atoms with Crippen molar-refractivity contribution in [1.29, 1.82) is 0 Å². The van der Waals surface area contributed by atoms with Gasteiger partial charge in [-0.15, -0.1) is 0 Å². The van der Waals surface area contributed by atoms with E-state index in [0.717, 1.165) is 38.5 Å². The summed E-state index contributed by atoms with van der Waals surface area (Å²) in [4.78, 5) is 32.4. The van der Waals surface area contributed by atoms with Crippen LogP contribution in [0.1, 0.15) is 142 Å². The Kier molecular flexibility index (Phi) is 30.0. The lowest BCUT2D eigenvalue weighted by Crippen LogP contribution is -2.11. The number of carbonyl (C=O) groups is 2. The van der Waals surface area contributed by atoms with Crippen LogP contribution in [0.2, 0.25) is 0 Å². The van der Waals surface area contributed by atoms with E-state index >= 15 is 0 Å². The third kappa shape index (κ3) is 31.2. The molecular formula is C26H49ClO4. The normalized spacial score (nSPS) is 10.2. The van der Waals surface area contributed by atoms with E-state index in [2.05, 4.69) is 30.2 Å². The Morgan fingerprint density at radius 2 is 0.806 bits per heavy atom. The number of carbonyl (C=O) groups excluding carboxylic acids is 2. The van der Waals surface area contributed by atoms with Crippen LogP contribution in [-0.2, 0) is 19.4 Å². The van der Waals surface area contributed by atoms with Crippen molar-refractivity contribution in [1.82, 2.24) is 0 Å². The molecule has 4 nitrogen and oxygen atoms in total. The van der Waals surface area contributed by atoms with Crippen molar-refractivity contribution < 1.29 is 19.4 Å². The number of hydrogen-bond donors (Lipinski definition) is 0. The molecule has 0 bridgehead atoms. The van der Waals surface area contributed by atoms with Gasteiger partial charge in [-0.1, -0.05) is 135 Å². The summed E-state index contributed by atoms with van der Waals surface area (Å²) in [6, 6.07) is 0. The average Bonchev–Trinajstić information content (AvgIpc) is 2.76. The predicted octanol–water partition coefficient (Wildman–Crippen LogP) is 9.20. The van der Waals surface area contributed by atoms with Crippen LogP contribution in [0.5, 0.6) is 0 Å². The largest absolute Gasteiger partial charge is 0.355 e. The highest BCUT2D eigenvalue weighted by Gasteiger charge is 2.09. The Labute approximate surface area is 197 Å². The summed E-state index contributed by atoms with van der Waals surface area (Å²) in [5, 5.41) is 0. The van der Waals surface area contributed by atoms with Crippen LogP contribution in [0.25, 0.3) is 0 Å². The zero-order valence-corrected chi connectivity index (χ0v) is 21.2. The third-order valence-corrected chi connectivity index (χ3v) is 5.20. The molecule has 0 aromatic rings. The maximum absolute atomic E-state index is 11.6. The molecule has 0 rings (SSSR count). The lowest BCUT2D eigenvalue weighted by molar-refractivity contribution is -0.259. The van der Waals surface area contributed by atoms with E-state index in [1.54, 1.807) is 0 Å². The standard InChI is InChI=1S/C24H46O4.C2H3Cl/c1-3-5-7-9-11-13-15-17-19-21-23(25)27-28-24(26)22-20-18-16-14-12-10-8-6-4-2;1-2-3/h3-22H2,1-2H3;2H,1H2. The second kappa shape index (κ2) is 29.0. The molecule has 0 N–H and O–H groups in total. The first-order valence-electron chi connectivity index (χ1n) is 12.7. The van der Waals surface area contributed by atoms with Crippen LogP contribution < -0.4 is 0 Å². The average molecular weight is 461 g/mol. The summed E-state index contributed by atoms with van der Waals surface area (Å²) in [5.74, 6) is -0.855. The number of unbranched alkanes of at least 4 members (excludes halogenated alkanes) is 16. The molecule has 0 saturated carbocycles. The van der Waals surface area contributed by atoms with Crippen LogP contribution in [0, 0.1) is 0 Å². The molecular weight excluding hydrogens is 412 g/mol. The highest BCUT2D eigenvalue weighted by Crippen LogP contribution is 2.12. The van der Waals surface area contributed by atoms with Gasteiger partial charge >= 0.3 is 11.9 Å². The number of hydrogen-bond acceptors (Lipinski definition) is 4. The second-order valence-corrected chi connectivity index (χ2v) is 8.53. The first kappa shape index (κ1) is 32.2. The van der Waals surface area contributed by atoms with Gasteiger partial charge in [-0.2, -0.15) is 0 Å². The first-order valence-corrected chi connectivity index (χ1v) is 13.2. The van der Waals surface area contributed by atoms with Crippen molar-refractivity contribution in [3.05, 3.63) is 12.1 Å². The minimum atomic E-state index is -0.427. The molecule has 31 heavy (non-hydrogen) atoms. The van der Waals surface area contributed by atoms with Crippen LogP contribution in [0.4, 0.5) is 0 Å². The van der Waals surface area contributed by atoms with Crippen molar-refractivity contribution in [3.63, 3.8) is 0 Å². The monoisotopic (exact) mass is 460 g/mol. The van der Waals surface area contributed by atoms with E-state index in [4.69, 9.17) is 11.6 Å². The Balaban J connectivity index is 0. The molecule has 0 aliphatic carbocycles. The molecule has 0 aromatic heterocycles. The Morgan fingerprint density at radius 1 is 0.581 bits per heavy atom. The van der Waals surface area contributed by atoms with Gasteiger partial charge in [0.1, 0.15) is 0 Å². The van der Waals surface area contributed by atoms with Gasteiger partial charge in [0.2, 0.25) is 0 Å². The summed E-state index contributed by atoms with van der Waals surface area (Å²) in [5.41, 5.74) is 1.22. The maximum Gasteiger partial charge on any atom is 0.355 e. The van der Waals surface area contributed by atoms with E-state index in [0.29, 0.717) is 12.8 Å². The molecule has 0 spiro atoms. The van der Waals surface area contributed by atoms with Gasteiger partial charge in [0.05, 0.1) is 12.8 Å². The molecule has 0 aliphatic heterocycles. The summed E-state index contributed by atoms with van der Waals surface area (Å²) in [6.07, 6.45) is 22.3. The van der Waals surface area contributed by atoms with E-state index in [1.807, 2.05) is 0 Å². The quantitative estimate of drug-likeness (QED) is 0.103. The van der Waals surface area contributed by atoms with E-state index < -0.39 is 11.9 Å². The Hall–Kier alpha value is -1.03. The fourth-order valence-electron chi connectivity index (χ4n) is 3.34. The fraction of sp³-hybridized carbons (Fsp3) is 0.846. The lowest BCUT2D eigenvalue weighted by atomic mass is 10.1. The molecule has 0 amide bonds. The van der Waals surface area contributed by atoms with Gasteiger partial charge in [-0.3, -0.25) is 0 Å². The SMILES string of the molecule is C=CCl.CCCCCCCCCCCC(=O)OOC(=O)CCCCCCCCCCC. The maximum atomic E-state index is 11.6. The van der Waals surface area contributed by atoms with Crippen molar-refractivity contribution in [2.75, 3.05) is 0 Å². The van der Waals surface area contributed by atoms with Crippen LogP contribution >= 0.6 is 11.6 Å². The molecule has 0 atom stereocenters. The van der Waals surface area contributed by atoms with Crippen molar-refractivity contribution >= 4 is 23.5 Å². The van der Waals surface area contributed by atoms with Crippen LogP contribution in [0.15, 0.2) is 12.1 Å². The molecule has 0 radical (unpaired) electrons. The smallest absolute Gasteiger partial charge is 0.247 e. The molecule has 0 fully saturated rings. The zero-order valence-electron chi connectivity index (χ0n) is 20.4. The lowest BCUT2D eigenvalue weighted by Gasteiger charge is -2.04. The highest BCUT2D eigenvalue weighted by atomic mass is 35.5. The molecule has 0 unspecified atom stereocenters. The van der Waals surface area contributed by atoms with Gasteiger partial charge in [-0.05, 0) is 18.4 Å². The van der Waals surface area contributed by atoms with Crippen molar-refractivity contribution in [2.45, 2.75) is 142 Å². The van der Waals surface area contributed by atoms with Gasteiger partial charge in [0.15, 0.2) is 0 Å². The third-order valence-electron chi connectivity index (χ3n) is 5.20. The topological polar surface area (TPSA) is 52.6 Å². The highest BCUT2D eigenvalue weighted by molar-refractivity contribution is 6.25. The molecule has 5 heteroatoms. The number of rotatable bonds is 20. The minimum absolute atomic E-state index is 0.334. The summed E-state index contributed by atoms with van der Waals surface area (Å²) in [7, 11) is 0. The Bertz CT molecular complexity index is 365. The molecule has 0 saturated heterocycles. The van der Waals surface area contributed by atoms with Gasteiger partial charge in [-0.25, -0.2) is 19.4 Å². The summed E-state index contributed by atoms with van der Waals surface area (Å²) in [6.45, 7) is 7.59. The first-order chi connectivity index (χ1) is 15.1. The van der Waals surface area contributed by atoms with Gasteiger partial charge in [0, 0.05) is 0 Å². The van der Waals surface area contributed by atoms with E-state index in [9.17, 15) is 9.59 Å². The van der Waals surface area contributed by atoms with Crippen LogP contribution in [-0.4, -0.2) is 11.9 Å². The summed E-state index contributed by atoms with van der Waals surface area (Å²) < 4.78 is 0. The molecule has 0 aliphatic rings. The minimum Gasteiger partial charge on any atom is -0.247 e. The summed E-state index contributed by atoms with van der Waals surface area (Å²) >= 11 is 4.76. The second-order valence-electron chi connectivity index (χ2n) is 8.22. The van der Waals surface area contributed by atoms with Crippen molar-refractivity contribution in [3.8, 4) is 0 Å². The fourth-order valence-corrected chi connectivity index (χ4v) is 3.34. The zero-order chi connectivity index (χ0) is 23.4. The van der Waals surface area contributed by atoms with Crippen LogP contribution in [0.3, 0.4) is 0 Å². The number of halogens is 1. The van der Waals surface area contributed by atoms with E-state index in [-0.39, 0.29) is 0 Å². The van der Waals surface area contributed by atoms with Gasteiger partial charge in [0.25, 0.3) is 0 Å². The molecule has 0 aromatic carbocycles. The predicted molar refractivity (Wildman–Crippen MR) is 132 cm³/mol. The van der Waals surface area contributed by atoms with Gasteiger partial charge < -0.3 is 0 Å².